The average Bonchev–Trinajstić information content (AvgIpc) is 2.75. The van der Waals surface area contributed by atoms with E-state index in [9.17, 15) is 0 Å². The second-order valence-electron chi connectivity index (χ2n) is 4.09. The van der Waals surface area contributed by atoms with Crippen molar-refractivity contribution in [3.63, 3.8) is 0 Å². The second kappa shape index (κ2) is 4.18. The van der Waals surface area contributed by atoms with Crippen LogP contribution in [0, 0.1) is 0 Å². The van der Waals surface area contributed by atoms with Crippen molar-refractivity contribution in [1.82, 2.24) is 9.78 Å². The predicted molar refractivity (Wildman–Crippen MR) is 66.3 cm³/mol. The van der Waals surface area contributed by atoms with Gasteiger partial charge >= 0.3 is 0 Å². The lowest BCUT2D eigenvalue weighted by molar-refractivity contribution is -0.0367. The Balaban J connectivity index is 2.09. The van der Waals surface area contributed by atoms with Crippen LogP contribution in [-0.2, 0) is 4.74 Å². The first kappa shape index (κ1) is 10.3. The molecule has 4 heteroatoms. The van der Waals surface area contributed by atoms with Gasteiger partial charge in [-0.25, -0.2) is 4.68 Å². The zero-order valence-electron chi connectivity index (χ0n) is 8.90. The molecule has 0 unspecified atom stereocenters. The molecule has 2 heterocycles. The van der Waals surface area contributed by atoms with E-state index in [1.54, 1.807) is 0 Å². The van der Waals surface area contributed by atoms with Crippen molar-refractivity contribution < 1.29 is 4.74 Å². The maximum Gasteiger partial charge on any atom is 0.150 e. The summed E-state index contributed by atoms with van der Waals surface area (Å²) in [6, 6.07) is 6.15. The molecule has 3 rings (SSSR count). The molecule has 0 saturated carbocycles. The van der Waals surface area contributed by atoms with E-state index >= 15 is 0 Å². The van der Waals surface area contributed by atoms with Crippen molar-refractivity contribution in [2.75, 3.05) is 6.61 Å². The molecule has 0 amide bonds. The third-order valence-electron chi connectivity index (χ3n) is 3.00. The van der Waals surface area contributed by atoms with Gasteiger partial charge in [0.05, 0.1) is 11.7 Å². The molecule has 0 radical (unpaired) electrons. The molecule has 16 heavy (non-hydrogen) atoms. The van der Waals surface area contributed by atoms with Crippen LogP contribution in [0.1, 0.15) is 25.5 Å². The molecule has 1 aliphatic rings. The maximum atomic E-state index is 5.77. The number of hydrogen-bond acceptors (Lipinski definition) is 2. The van der Waals surface area contributed by atoms with Crippen molar-refractivity contribution in [2.45, 2.75) is 25.5 Å². The van der Waals surface area contributed by atoms with Crippen LogP contribution in [0.3, 0.4) is 0 Å². The van der Waals surface area contributed by atoms with Gasteiger partial charge in [-0.2, -0.15) is 5.10 Å². The molecule has 0 aliphatic carbocycles. The van der Waals surface area contributed by atoms with Gasteiger partial charge < -0.3 is 4.74 Å². The van der Waals surface area contributed by atoms with Crippen LogP contribution < -0.4 is 0 Å². The molecule has 0 bridgehead atoms. The maximum absolute atomic E-state index is 5.77. The fourth-order valence-corrected chi connectivity index (χ4v) is 2.76. The van der Waals surface area contributed by atoms with E-state index < -0.39 is 0 Å². The number of para-hydroxylation sites is 1. The van der Waals surface area contributed by atoms with Crippen molar-refractivity contribution in [2.24, 2.45) is 0 Å². The molecule has 0 N–H and O–H groups in total. The largest absolute Gasteiger partial charge is 0.356 e. The van der Waals surface area contributed by atoms with Gasteiger partial charge in [-0.1, -0.05) is 12.1 Å². The Morgan fingerprint density at radius 2 is 2.31 bits per heavy atom. The average molecular weight is 281 g/mol. The molecule has 3 nitrogen and oxygen atoms in total. The van der Waals surface area contributed by atoms with E-state index in [2.05, 4.69) is 27.1 Å². The standard InChI is InChI=1S/C12H13BrN2O/c13-10-5-3-4-9-8-14-15(12(9)10)11-6-1-2-7-16-11/h3-5,8,11H,1-2,6-7H2/t11-/m1/s1. The molecule has 0 spiro atoms. The van der Waals surface area contributed by atoms with Gasteiger partial charge in [0.2, 0.25) is 0 Å². The quantitative estimate of drug-likeness (QED) is 0.800. The number of nitrogens with zero attached hydrogens (tertiary/aromatic N) is 2. The predicted octanol–water partition coefficient (Wildman–Crippen LogP) is 3.50. The number of hydrogen-bond donors (Lipinski definition) is 0. The third kappa shape index (κ3) is 1.66. The van der Waals surface area contributed by atoms with Crippen LogP contribution in [-0.4, -0.2) is 16.4 Å². The fraction of sp³-hybridized carbons (Fsp3) is 0.417. The van der Waals surface area contributed by atoms with Gasteiger partial charge in [0.1, 0.15) is 0 Å². The molecular weight excluding hydrogens is 268 g/mol. The Kier molecular flexibility index (Phi) is 2.69. The second-order valence-corrected chi connectivity index (χ2v) is 4.94. The van der Waals surface area contributed by atoms with Crippen LogP contribution in [0.5, 0.6) is 0 Å². The Hall–Kier alpha value is -0.870. The first-order valence-corrected chi connectivity index (χ1v) is 6.39. The van der Waals surface area contributed by atoms with Crippen LogP contribution in [0.25, 0.3) is 10.9 Å². The Morgan fingerprint density at radius 3 is 3.12 bits per heavy atom. The highest BCUT2D eigenvalue weighted by Gasteiger charge is 2.19. The zero-order valence-corrected chi connectivity index (χ0v) is 10.5. The number of benzene rings is 1. The Morgan fingerprint density at radius 1 is 1.38 bits per heavy atom. The highest BCUT2D eigenvalue weighted by atomic mass is 79.9. The van der Waals surface area contributed by atoms with Crippen molar-refractivity contribution in [3.05, 3.63) is 28.9 Å². The van der Waals surface area contributed by atoms with Crippen molar-refractivity contribution >= 4 is 26.8 Å². The monoisotopic (exact) mass is 280 g/mol. The summed E-state index contributed by atoms with van der Waals surface area (Å²) in [4.78, 5) is 0. The van der Waals surface area contributed by atoms with Gasteiger partial charge in [0.25, 0.3) is 0 Å². The molecule has 84 valence electrons. The van der Waals surface area contributed by atoms with Crippen molar-refractivity contribution in [1.29, 1.82) is 0 Å². The third-order valence-corrected chi connectivity index (χ3v) is 3.64. The number of rotatable bonds is 1. The normalized spacial score (nSPS) is 21.4. The lowest BCUT2D eigenvalue weighted by Gasteiger charge is -2.23. The first-order chi connectivity index (χ1) is 7.86. The first-order valence-electron chi connectivity index (χ1n) is 5.59. The summed E-state index contributed by atoms with van der Waals surface area (Å²) in [5.41, 5.74) is 1.13. The molecule has 1 aliphatic heterocycles. The Bertz CT molecular complexity index is 503. The number of ether oxygens (including phenoxy) is 1. The highest BCUT2D eigenvalue weighted by Crippen LogP contribution is 2.30. The lowest BCUT2D eigenvalue weighted by atomic mass is 10.2. The van der Waals surface area contributed by atoms with Gasteiger partial charge in [0.15, 0.2) is 6.23 Å². The fourth-order valence-electron chi connectivity index (χ4n) is 2.19. The van der Waals surface area contributed by atoms with Crippen molar-refractivity contribution in [3.8, 4) is 0 Å². The summed E-state index contributed by atoms with van der Waals surface area (Å²) in [5.74, 6) is 0. The molecule has 1 saturated heterocycles. The molecule has 1 fully saturated rings. The van der Waals surface area contributed by atoms with E-state index in [1.807, 2.05) is 23.0 Å². The minimum Gasteiger partial charge on any atom is -0.356 e. The topological polar surface area (TPSA) is 27.1 Å². The lowest BCUT2D eigenvalue weighted by Crippen LogP contribution is -2.19. The van der Waals surface area contributed by atoms with Gasteiger partial charge in [-0.15, -0.1) is 0 Å². The molecule has 1 atom stereocenters. The van der Waals surface area contributed by atoms with E-state index in [1.165, 1.54) is 6.42 Å². The summed E-state index contributed by atoms with van der Waals surface area (Å²) >= 11 is 3.58. The van der Waals surface area contributed by atoms with Crippen LogP contribution in [0.2, 0.25) is 0 Å². The van der Waals surface area contributed by atoms with Crippen LogP contribution >= 0.6 is 15.9 Å². The van der Waals surface area contributed by atoms with Gasteiger partial charge in [0, 0.05) is 16.5 Å². The van der Waals surface area contributed by atoms with E-state index in [0.29, 0.717) is 0 Å². The smallest absolute Gasteiger partial charge is 0.150 e. The summed E-state index contributed by atoms with van der Waals surface area (Å²) in [6.45, 7) is 0.844. The number of fused-ring (bicyclic) bond motifs is 1. The molecule has 2 aromatic rings. The van der Waals surface area contributed by atoms with Gasteiger partial charge in [-0.05, 0) is 41.3 Å². The summed E-state index contributed by atoms with van der Waals surface area (Å²) in [5, 5.41) is 5.60. The minimum absolute atomic E-state index is 0.102. The van der Waals surface area contributed by atoms with Gasteiger partial charge in [-0.3, -0.25) is 0 Å². The molecule has 1 aromatic heterocycles. The van der Waals surface area contributed by atoms with E-state index in [0.717, 1.165) is 34.8 Å². The summed E-state index contributed by atoms with van der Waals surface area (Å²) in [6.07, 6.45) is 5.44. The summed E-state index contributed by atoms with van der Waals surface area (Å²) < 4.78 is 8.84. The minimum atomic E-state index is 0.102. The SMILES string of the molecule is Brc1cccc2cnn([C@H]3CCCCO3)c12. The highest BCUT2D eigenvalue weighted by molar-refractivity contribution is 9.10. The zero-order chi connectivity index (χ0) is 11.0. The Labute approximate surface area is 103 Å². The molecule has 1 aromatic carbocycles. The molecular formula is C12H13BrN2O. The van der Waals surface area contributed by atoms with E-state index in [4.69, 9.17) is 4.74 Å². The number of aromatic nitrogens is 2. The van der Waals surface area contributed by atoms with Crippen LogP contribution in [0.4, 0.5) is 0 Å². The van der Waals surface area contributed by atoms with Crippen LogP contribution in [0.15, 0.2) is 28.9 Å². The number of halogens is 1. The van der Waals surface area contributed by atoms with E-state index in [-0.39, 0.29) is 6.23 Å². The summed E-state index contributed by atoms with van der Waals surface area (Å²) in [7, 11) is 0.